The van der Waals surface area contributed by atoms with Crippen molar-refractivity contribution >= 4 is 11.9 Å². The summed E-state index contributed by atoms with van der Waals surface area (Å²) in [7, 11) is 0. The number of ether oxygens (including phenoxy) is 1. The normalized spacial score (nSPS) is 17.8. The number of halogens is 1. The molecule has 1 N–H and O–H groups in total. The lowest BCUT2D eigenvalue weighted by Gasteiger charge is -2.32. The molecule has 0 unspecified atom stereocenters. The molecule has 24 heavy (non-hydrogen) atoms. The van der Waals surface area contributed by atoms with Crippen molar-refractivity contribution in [1.29, 1.82) is 0 Å². The van der Waals surface area contributed by atoms with Gasteiger partial charge in [0.2, 0.25) is 0 Å². The van der Waals surface area contributed by atoms with Crippen LogP contribution in [0.1, 0.15) is 16.2 Å². The predicted octanol–water partition coefficient (Wildman–Crippen LogP) is 0.640. The molecule has 0 saturated carbocycles. The predicted molar refractivity (Wildman–Crippen MR) is 79.3 cm³/mol. The summed E-state index contributed by atoms with van der Waals surface area (Å²) in [5.74, 6) is -2.03. The number of benzene rings is 1. The van der Waals surface area contributed by atoms with Gasteiger partial charge in [0.05, 0.1) is 24.6 Å². The minimum Gasteiger partial charge on any atom is -0.480 e. The average Bonchev–Trinajstić information content (AvgIpc) is 2.96. The molecule has 8 nitrogen and oxygen atoms in total. The van der Waals surface area contributed by atoms with Crippen molar-refractivity contribution < 1.29 is 23.8 Å². The van der Waals surface area contributed by atoms with E-state index in [1.165, 1.54) is 33.8 Å². The van der Waals surface area contributed by atoms with E-state index in [4.69, 9.17) is 4.74 Å². The smallest absolute Gasteiger partial charge is 0.328 e. The molecule has 1 fully saturated rings. The van der Waals surface area contributed by atoms with Gasteiger partial charge in [-0.2, -0.15) is 0 Å². The highest BCUT2D eigenvalue weighted by Crippen LogP contribution is 2.17. The van der Waals surface area contributed by atoms with Gasteiger partial charge in [0, 0.05) is 6.54 Å². The lowest BCUT2D eigenvalue weighted by Crippen LogP contribution is -2.52. The van der Waals surface area contributed by atoms with Gasteiger partial charge in [0.15, 0.2) is 11.7 Å². The zero-order chi connectivity index (χ0) is 17.3. The Morgan fingerprint density at radius 3 is 2.71 bits per heavy atom. The number of rotatable bonds is 3. The molecule has 3 rings (SSSR count). The highest BCUT2D eigenvalue weighted by atomic mass is 19.1. The van der Waals surface area contributed by atoms with Crippen molar-refractivity contribution in [3.05, 3.63) is 41.5 Å². The van der Waals surface area contributed by atoms with Crippen molar-refractivity contribution in [2.45, 2.75) is 13.0 Å². The summed E-state index contributed by atoms with van der Waals surface area (Å²) in [5.41, 5.74) is 1.06. The summed E-state index contributed by atoms with van der Waals surface area (Å²) in [5, 5.41) is 17.0. The number of hydrogen-bond acceptors (Lipinski definition) is 5. The first-order valence-electron chi connectivity index (χ1n) is 7.29. The molecule has 1 atom stereocenters. The number of morpholine rings is 1. The molecule has 0 spiro atoms. The Morgan fingerprint density at radius 1 is 1.33 bits per heavy atom. The SMILES string of the molecule is Cc1c(C(=O)N2CCOC[C@H]2C(=O)O)nnn1-c1ccc(F)cc1. The number of carboxylic acid groups (broad SMARTS) is 1. The van der Waals surface area contributed by atoms with Gasteiger partial charge in [0.25, 0.3) is 5.91 Å². The molecule has 9 heteroatoms. The Hall–Kier alpha value is -2.81. The Balaban J connectivity index is 1.91. The first-order chi connectivity index (χ1) is 11.5. The number of carbonyl (C=O) groups is 2. The van der Waals surface area contributed by atoms with E-state index in [9.17, 15) is 19.1 Å². The largest absolute Gasteiger partial charge is 0.480 e. The molecule has 0 radical (unpaired) electrons. The van der Waals surface area contributed by atoms with Crippen LogP contribution in [0.5, 0.6) is 0 Å². The zero-order valence-electron chi connectivity index (χ0n) is 12.8. The summed E-state index contributed by atoms with van der Waals surface area (Å²) < 4.78 is 19.6. The van der Waals surface area contributed by atoms with Gasteiger partial charge in [-0.25, -0.2) is 13.9 Å². The number of hydrogen-bond donors (Lipinski definition) is 1. The quantitative estimate of drug-likeness (QED) is 0.885. The van der Waals surface area contributed by atoms with Crippen LogP contribution in [0.4, 0.5) is 4.39 Å². The fourth-order valence-corrected chi connectivity index (χ4v) is 2.54. The van der Waals surface area contributed by atoms with Gasteiger partial charge >= 0.3 is 5.97 Å². The van der Waals surface area contributed by atoms with Crippen LogP contribution in [0.3, 0.4) is 0 Å². The summed E-state index contributed by atoms with van der Waals surface area (Å²) >= 11 is 0. The van der Waals surface area contributed by atoms with E-state index in [0.29, 0.717) is 11.4 Å². The van der Waals surface area contributed by atoms with Crippen molar-refractivity contribution in [2.75, 3.05) is 19.8 Å². The number of carboxylic acids is 1. The Bertz CT molecular complexity index is 774. The highest BCUT2D eigenvalue weighted by Gasteiger charge is 2.35. The molecule has 1 aliphatic rings. The van der Waals surface area contributed by atoms with Gasteiger partial charge < -0.3 is 14.7 Å². The van der Waals surface area contributed by atoms with Crippen LogP contribution < -0.4 is 0 Å². The first-order valence-corrected chi connectivity index (χ1v) is 7.29. The van der Waals surface area contributed by atoms with E-state index >= 15 is 0 Å². The second kappa shape index (κ2) is 6.36. The van der Waals surface area contributed by atoms with E-state index in [2.05, 4.69) is 10.3 Å². The topological polar surface area (TPSA) is 97.6 Å². The third-order valence-electron chi connectivity index (χ3n) is 3.84. The number of amides is 1. The third kappa shape index (κ3) is 2.85. The van der Waals surface area contributed by atoms with Gasteiger partial charge in [0.1, 0.15) is 5.82 Å². The van der Waals surface area contributed by atoms with Crippen LogP contribution in [-0.4, -0.2) is 62.7 Å². The molecule has 1 saturated heterocycles. The molecule has 1 amide bonds. The maximum absolute atomic E-state index is 13.0. The molecule has 0 bridgehead atoms. The summed E-state index contributed by atoms with van der Waals surface area (Å²) in [4.78, 5) is 25.2. The van der Waals surface area contributed by atoms with Crippen molar-refractivity contribution in [3.63, 3.8) is 0 Å². The maximum Gasteiger partial charge on any atom is 0.328 e. The van der Waals surface area contributed by atoms with Gasteiger partial charge in [-0.15, -0.1) is 5.10 Å². The molecule has 2 aromatic rings. The van der Waals surface area contributed by atoms with Crippen molar-refractivity contribution in [3.8, 4) is 5.69 Å². The Labute approximate surface area is 136 Å². The van der Waals surface area contributed by atoms with E-state index in [-0.39, 0.29) is 31.3 Å². The fraction of sp³-hybridized carbons (Fsp3) is 0.333. The Kier molecular flexibility index (Phi) is 4.26. The summed E-state index contributed by atoms with van der Waals surface area (Å²) in [6.45, 7) is 2.01. The third-order valence-corrected chi connectivity index (χ3v) is 3.84. The van der Waals surface area contributed by atoms with Gasteiger partial charge in [-0.3, -0.25) is 4.79 Å². The second-order valence-corrected chi connectivity index (χ2v) is 5.34. The van der Waals surface area contributed by atoms with Crippen LogP contribution in [0.15, 0.2) is 24.3 Å². The maximum atomic E-state index is 13.0. The van der Waals surface area contributed by atoms with E-state index < -0.39 is 17.9 Å². The second-order valence-electron chi connectivity index (χ2n) is 5.34. The summed E-state index contributed by atoms with van der Waals surface area (Å²) in [6.07, 6.45) is 0. The highest BCUT2D eigenvalue weighted by molar-refractivity contribution is 5.96. The van der Waals surface area contributed by atoms with Crippen LogP contribution in [-0.2, 0) is 9.53 Å². The van der Waals surface area contributed by atoms with Crippen molar-refractivity contribution in [2.24, 2.45) is 0 Å². The first kappa shape index (κ1) is 16.1. The Morgan fingerprint density at radius 2 is 2.04 bits per heavy atom. The van der Waals surface area contributed by atoms with Gasteiger partial charge in [-0.1, -0.05) is 5.21 Å². The number of aromatic nitrogens is 3. The molecule has 0 aliphatic carbocycles. The van der Waals surface area contributed by atoms with Crippen LogP contribution in [0, 0.1) is 12.7 Å². The minimum absolute atomic E-state index is 0.0625. The van der Waals surface area contributed by atoms with Crippen LogP contribution >= 0.6 is 0 Å². The van der Waals surface area contributed by atoms with Crippen molar-refractivity contribution in [1.82, 2.24) is 19.9 Å². The molecule has 1 aromatic heterocycles. The van der Waals surface area contributed by atoms with E-state index in [0.717, 1.165) is 0 Å². The average molecular weight is 334 g/mol. The molecule has 126 valence electrons. The number of aliphatic carboxylic acids is 1. The number of nitrogens with zero attached hydrogens (tertiary/aromatic N) is 4. The number of carbonyl (C=O) groups excluding carboxylic acids is 1. The van der Waals surface area contributed by atoms with E-state index in [1.54, 1.807) is 6.92 Å². The van der Waals surface area contributed by atoms with Gasteiger partial charge in [-0.05, 0) is 31.2 Å². The summed E-state index contributed by atoms with van der Waals surface area (Å²) in [6, 6.07) is 4.53. The standard InChI is InChI=1S/C15H15FN4O4/c1-9-13(14(21)19-6-7-24-8-12(19)15(22)23)17-18-20(9)11-4-2-10(16)3-5-11/h2-5,12H,6-8H2,1H3,(H,22,23)/t12-/m0/s1. The molecule has 1 aliphatic heterocycles. The fourth-order valence-electron chi connectivity index (χ4n) is 2.54. The van der Waals surface area contributed by atoms with Crippen LogP contribution in [0.2, 0.25) is 0 Å². The molecular weight excluding hydrogens is 319 g/mol. The molecular formula is C15H15FN4O4. The monoisotopic (exact) mass is 334 g/mol. The van der Waals surface area contributed by atoms with Crippen LogP contribution in [0.25, 0.3) is 5.69 Å². The van der Waals surface area contributed by atoms with E-state index in [1.807, 2.05) is 0 Å². The lowest BCUT2D eigenvalue weighted by molar-refractivity contribution is -0.147. The molecule has 1 aromatic carbocycles. The zero-order valence-corrected chi connectivity index (χ0v) is 12.8. The lowest BCUT2D eigenvalue weighted by atomic mass is 10.2. The minimum atomic E-state index is -1.13. The molecule has 2 heterocycles.